The standard InChI is InChI=1S/C22H22N2O/c1-23(21-15-8-12-17-9-2-4-13-19(17)21)22(25)24-16-7-6-11-18-10-3-5-14-20(18)24/h2-5,8-10,12-15H,6-7,11,16H2,1H3. The lowest BCUT2D eigenvalue weighted by atomic mass is 10.1. The zero-order valence-electron chi connectivity index (χ0n) is 14.5. The van der Waals surface area contributed by atoms with Crippen LogP contribution >= 0.6 is 0 Å². The third-order valence-corrected chi connectivity index (χ3v) is 5.01. The SMILES string of the molecule is CN(C(=O)N1CCCCc2ccccc21)c1cccc2ccccc12. The molecule has 0 saturated heterocycles. The van der Waals surface area contributed by atoms with Crippen LogP contribution < -0.4 is 9.80 Å². The number of carbonyl (C=O) groups excluding carboxylic acids is 1. The molecule has 0 fully saturated rings. The van der Waals surface area contributed by atoms with Gasteiger partial charge < -0.3 is 0 Å². The van der Waals surface area contributed by atoms with Gasteiger partial charge >= 0.3 is 6.03 Å². The minimum Gasteiger partial charge on any atom is -0.296 e. The molecule has 3 nitrogen and oxygen atoms in total. The van der Waals surface area contributed by atoms with Gasteiger partial charge in [0, 0.05) is 24.7 Å². The average Bonchev–Trinajstić information content (AvgIpc) is 2.89. The summed E-state index contributed by atoms with van der Waals surface area (Å²) < 4.78 is 0. The fourth-order valence-corrected chi connectivity index (χ4v) is 3.67. The van der Waals surface area contributed by atoms with Crippen molar-refractivity contribution in [3.63, 3.8) is 0 Å². The predicted molar refractivity (Wildman–Crippen MR) is 104 cm³/mol. The first-order valence-corrected chi connectivity index (χ1v) is 8.86. The van der Waals surface area contributed by atoms with Crippen molar-refractivity contribution in [1.29, 1.82) is 0 Å². The van der Waals surface area contributed by atoms with Gasteiger partial charge in [-0.2, -0.15) is 0 Å². The van der Waals surface area contributed by atoms with Crippen molar-refractivity contribution in [1.82, 2.24) is 0 Å². The highest BCUT2D eigenvalue weighted by Gasteiger charge is 2.25. The molecular weight excluding hydrogens is 308 g/mol. The zero-order valence-corrected chi connectivity index (χ0v) is 14.5. The lowest BCUT2D eigenvalue weighted by Crippen LogP contribution is -2.42. The molecule has 126 valence electrons. The first kappa shape index (κ1) is 15.7. The van der Waals surface area contributed by atoms with Crippen molar-refractivity contribution in [2.24, 2.45) is 0 Å². The van der Waals surface area contributed by atoms with E-state index < -0.39 is 0 Å². The number of para-hydroxylation sites is 1. The van der Waals surface area contributed by atoms with Crippen molar-refractivity contribution in [3.8, 4) is 0 Å². The number of amides is 2. The van der Waals surface area contributed by atoms with Gasteiger partial charge in [-0.1, -0.05) is 54.6 Å². The topological polar surface area (TPSA) is 23.6 Å². The van der Waals surface area contributed by atoms with Crippen LogP contribution in [-0.2, 0) is 6.42 Å². The molecule has 2 amide bonds. The van der Waals surface area contributed by atoms with E-state index in [2.05, 4.69) is 36.4 Å². The van der Waals surface area contributed by atoms with Crippen molar-refractivity contribution < 1.29 is 4.79 Å². The van der Waals surface area contributed by atoms with E-state index in [-0.39, 0.29) is 6.03 Å². The zero-order chi connectivity index (χ0) is 17.2. The number of rotatable bonds is 1. The number of aryl methyl sites for hydroxylation is 1. The Morgan fingerprint density at radius 3 is 2.60 bits per heavy atom. The molecule has 1 heterocycles. The summed E-state index contributed by atoms with van der Waals surface area (Å²) in [5.74, 6) is 0. The quantitative estimate of drug-likeness (QED) is 0.598. The molecule has 1 aliphatic rings. The molecule has 0 atom stereocenters. The summed E-state index contributed by atoms with van der Waals surface area (Å²) in [4.78, 5) is 17.0. The van der Waals surface area contributed by atoms with Gasteiger partial charge in [0.15, 0.2) is 0 Å². The van der Waals surface area contributed by atoms with E-state index in [1.54, 1.807) is 4.90 Å². The maximum Gasteiger partial charge on any atom is 0.328 e. The van der Waals surface area contributed by atoms with Gasteiger partial charge in [0.1, 0.15) is 0 Å². The average molecular weight is 330 g/mol. The summed E-state index contributed by atoms with van der Waals surface area (Å²) in [7, 11) is 1.87. The van der Waals surface area contributed by atoms with Gasteiger partial charge in [-0.05, 0) is 42.3 Å². The molecular formula is C22H22N2O. The summed E-state index contributed by atoms with van der Waals surface area (Å²) in [6.07, 6.45) is 3.19. The van der Waals surface area contributed by atoms with E-state index in [0.717, 1.165) is 48.0 Å². The molecule has 4 rings (SSSR count). The number of anilines is 2. The fraction of sp³-hybridized carbons (Fsp3) is 0.227. The minimum atomic E-state index is 0.0331. The number of benzene rings is 3. The van der Waals surface area contributed by atoms with E-state index in [0.29, 0.717) is 0 Å². The summed E-state index contributed by atoms with van der Waals surface area (Å²) in [5.41, 5.74) is 3.27. The number of fused-ring (bicyclic) bond motifs is 2. The molecule has 0 bridgehead atoms. The van der Waals surface area contributed by atoms with Crippen molar-refractivity contribution in [3.05, 3.63) is 72.3 Å². The molecule has 0 spiro atoms. The second-order valence-electron chi connectivity index (χ2n) is 6.58. The smallest absolute Gasteiger partial charge is 0.296 e. The van der Waals surface area contributed by atoms with Gasteiger partial charge in [-0.15, -0.1) is 0 Å². The normalized spacial score (nSPS) is 14.0. The van der Waals surface area contributed by atoms with Crippen LogP contribution in [0.5, 0.6) is 0 Å². The first-order chi connectivity index (χ1) is 12.3. The Kier molecular flexibility index (Phi) is 4.14. The largest absolute Gasteiger partial charge is 0.328 e. The molecule has 0 aromatic heterocycles. The third-order valence-electron chi connectivity index (χ3n) is 5.01. The Balaban J connectivity index is 1.73. The van der Waals surface area contributed by atoms with Gasteiger partial charge in [0.2, 0.25) is 0 Å². The number of urea groups is 1. The Morgan fingerprint density at radius 2 is 1.68 bits per heavy atom. The summed E-state index contributed by atoms with van der Waals surface area (Å²) in [5, 5.41) is 2.25. The van der Waals surface area contributed by atoms with Crippen molar-refractivity contribution in [2.45, 2.75) is 19.3 Å². The number of hydrogen-bond acceptors (Lipinski definition) is 1. The summed E-state index contributed by atoms with van der Waals surface area (Å²) in [6, 6.07) is 22.6. The highest BCUT2D eigenvalue weighted by atomic mass is 16.2. The molecule has 3 heteroatoms. The molecule has 3 aromatic carbocycles. The summed E-state index contributed by atoms with van der Waals surface area (Å²) >= 11 is 0. The van der Waals surface area contributed by atoms with E-state index in [1.807, 2.05) is 42.3 Å². The van der Waals surface area contributed by atoms with Gasteiger partial charge in [0.25, 0.3) is 0 Å². The lowest BCUT2D eigenvalue weighted by molar-refractivity contribution is 0.252. The Bertz CT molecular complexity index is 913. The molecule has 1 aliphatic heterocycles. The Labute approximate surface area is 148 Å². The Hall–Kier alpha value is -2.81. The number of carbonyl (C=O) groups is 1. The third kappa shape index (κ3) is 2.86. The lowest BCUT2D eigenvalue weighted by Gasteiger charge is -2.29. The van der Waals surface area contributed by atoms with E-state index in [4.69, 9.17) is 0 Å². The first-order valence-electron chi connectivity index (χ1n) is 8.86. The highest BCUT2D eigenvalue weighted by molar-refractivity contribution is 6.08. The van der Waals surface area contributed by atoms with Crippen LogP contribution in [0.25, 0.3) is 10.8 Å². The maximum atomic E-state index is 13.3. The molecule has 0 aliphatic carbocycles. The minimum absolute atomic E-state index is 0.0331. The highest BCUT2D eigenvalue weighted by Crippen LogP contribution is 2.30. The predicted octanol–water partition coefficient (Wildman–Crippen LogP) is 5.24. The molecule has 0 unspecified atom stereocenters. The number of nitrogens with zero attached hydrogens (tertiary/aromatic N) is 2. The molecule has 3 aromatic rings. The molecule has 0 radical (unpaired) electrons. The van der Waals surface area contributed by atoms with Gasteiger partial charge in [-0.3, -0.25) is 9.80 Å². The summed E-state index contributed by atoms with van der Waals surface area (Å²) in [6.45, 7) is 0.769. The maximum absolute atomic E-state index is 13.3. The van der Waals surface area contributed by atoms with E-state index >= 15 is 0 Å². The van der Waals surface area contributed by atoms with Crippen molar-refractivity contribution >= 4 is 28.2 Å². The van der Waals surface area contributed by atoms with Gasteiger partial charge in [-0.25, -0.2) is 4.79 Å². The van der Waals surface area contributed by atoms with Crippen LogP contribution in [0.3, 0.4) is 0 Å². The molecule has 0 N–H and O–H groups in total. The van der Waals surface area contributed by atoms with Gasteiger partial charge in [0.05, 0.1) is 5.69 Å². The monoisotopic (exact) mass is 330 g/mol. The fourth-order valence-electron chi connectivity index (χ4n) is 3.67. The second-order valence-corrected chi connectivity index (χ2v) is 6.58. The van der Waals surface area contributed by atoms with E-state index in [9.17, 15) is 4.79 Å². The number of hydrogen-bond donors (Lipinski definition) is 0. The van der Waals surface area contributed by atoms with Crippen molar-refractivity contribution in [2.75, 3.05) is 23.4 Å². The van der Waals surface area contributed by atoms with Crippen LogP contribution in [0.15, 0.2) is 66.7 Å². The second kappa shape index (κ2) is 6.60. The van der Waals surface area contributed by atoms with Crippen LogP contribution in [0.4, 0.5) is 16.2 Å². The Morgan fingerprint density at radius 1 is 0.920 bits per heavy atom. The van der Waals surface area contributed by atoms with Crippen LogP contribution in [0.1, 0.15) is 18.4 Å². The van der Waals surface area contributed by atoms with Crippen LogP contribution in [0, 0.1) is 0 Å². The molecule has 0 saturated carbocycles. The molecule has 25 heavy (non-hydrogen) atoms. The van der Waals surface area contributed by atoms with Crippen LogP contribution in [-0.4, -0.2) is 19.6 Å². The van der Waals surface area contributed by atoms with Crippen LogP contribution in [0.2, 0.25) is 0 Å². The van der Waals surface area contributed by atoms with E-state index in [1.165, 1.54) is 5.56 Å².